The van der Waals surface area contributed by atoms with E-state index in [-0.39, 0.29) is 11.2 Å². The molecule has 0 bridgehead atoms. The van der Waals surface area contributed by atoms with E-state index in [4.69, 9.17) is 14.2 Å². The van der Waals surface area contributed by atoms with Crippen molar-refractivity contribution in [3.05, 3.63) is 59.2 Å². The minimum atomic E-state index is -0.128. The van der Waals surface area contributed by atoms with Crippen LogP contribution >= 0.6 is 0 Å². The predicted octanol–water partition coefficient (Wildman–Crippen LogP) is 5.30. The summed E-state index contributed by atoms with van der Waals surface area (Å²) in [6.07, 6.45) is 3.33. The standard InChI is InChI=1S/C23H28O4/c1-7-27-18-11-9-17(10-12-18)19(24)13-8-16-14-20(25-5)22(23(2,3)4)21(15-16)26-6/h8-15H,7H2,1-6H3/b13-8+. The number of ether oxygens (including phenoxy) is 3. The van der Waals surface area contributed by atoms with E-state index in [9.17, 15) is 4.79 Å². The van der Waals surface area contributed by atoms with Gasteiger partial charge in [0.25, 0.3) is 0 Å². The molecule has 2 aromatic carbocycles. The van der Waals surface area contributed by atoms with Crippen LogP contribution in [0.4, 0.5) is 0 Å². The summed E-state index contributed by atoms with van der Waals surface area (Å²) >= 11 is 0. The molecule has 144 valence electrons. The molecule has 4 nitrogen and oxygen atoms in total. The Kier molecular flexibility index (Phi) is 6.67. The molecule has 0 N–H and O–H groups in total. The number of carbonyl (C=O) groups is 1. The van der Waals surface area contributed by atoms with Gasteiger partial charge in [-0.2, -0.15) is 0 Å². The van der Waals surface area contributed by atoms with E-state index in [0.717, 1.165) is 28.4 Å². The third-order valence-electron chi connectivity index (χ3n) is 4.16. The predicted molar refractivity (Wildman–Crippen MR) is 109 cm³/mol. The fraction of sp³-hybridized carbons (Fsp3) is 0.348. The zero-order chi connectivity index (χ0) is 20.0. The number of allylic oxidation sites excluding steroid dienone is 1. The Bertz CT molecular complexity index is 786. The summed E-state index contributed by atoms with van der Waals surface area (Å²) in [6.45, 7) is 8.85. The first kappa shape index (κ1) is 20.6. The molecule has 0 aliphatic heterocycles. The fourth-order valence-corrected chi connectivity index (χ4v) is 2.92. The summed E-state index contributed by atoms with van der Waals surface area (Å²) in [4.78, 5) is 12.4. The average molecular weight is 368 g/mol. The summed E-state index contributed by atoms with van der Waals surface area (Å²) in [7, 11) is 3.28. The maximum atomic E-state index is 12.4. The summed E-state index contributed by atoms with van der Waals surface area (Å²) in [6, 6.07) is 11.0. The first-order valence-corrected chi connectivity index (χ1v) is 9.02. The Hall–Kier alpha value is -2.75. The van der Waals surface area contributed by atoms with Crippen molar-refractivity contribution < 1.29 is 19.0 Å². The van der Waals surface area contributed by atoms with Gasteiger partial charge < -0.3 is 14.2 Å². The van der Waals surface area contributed by atoms with Gasteiger partial charge in [-0.1, -0.05) is 26.8 Å². The van der Waals surface area contributed by atoms with Crippen molar-refractivity contribution >= 4 is 11.9 Å². The Labute approximate surface area is 161 Å². The zero-order valence-corrected chi connectivity index (χ0v) is 17.0. The third-order valence-corrected chi connectivity index (χ3v) is 4.16. The van der Waals surface area contributed by atoms with Crippen molar-refractivity contribution in [2.45, 2.75) is 33.1 Å². The van der Waals surface area contributed by atoms with Crippen LogP contribution in [0.25, 0.3) is 6.08 Å². The van der Waals surface area contributed by atoms with E-state index >= 15 is 0 Å². The van der Waals surface area contributed by atoms with Gasteiger partial charge in [-0.3, -0.25) is 4.79 Å². The van der Waals surface area contributed by atoms with Gasteiger partial charge in [-0.05, 0) is 60.4 Å². The van der Waals surface area contributed by atoms with Crippen molar-refractivity contribution in [3.63, 3.8) is 0 Å². The highest BCUT2D eigenvalue weighted by Gasteiger charge is 2.24. The molecule has 0 amide bonds. The minimum Gasteiger partial charge on any atom is -0.496 e. The molecule has 0 fully saturated rings. The van der Waals surface area contributed by atoms with Gasteiger partial charge in [-0.25, -0.2) is 0 Å². The van der Waals surface area contributed by atoms with Gasteiger partial charge in [0.2, 0.25) is 0 Å². The van der Waals surface area contributed by atoms with Crippen LogP contribution < -0.4 is 14.2 Å². The second-order valence-electron chi connectivity index (χ2n) is 7.21. The van der Waals surface area contributed by atoms with Crippen molar-refractivity contribution in [3.8, 4) is 17.2 Å². The number of rotatable bonds is 7. The second kappa shape index (κ2) is 8.76. The van der Waals surface area contributed by atoms with Crippen molar-refractivity contribution in [1.29, 1.82) is 0 Å². The Balaban J connectivity index is 2.29. The molecule has 0 spiro atoms. The molecule has 0 heterocycles. The number of methoxy groups -OCH3 is 2. The van der Waals surface area contributed by atoms with Crippen LogP contribution in [0, 0.1) is 0 Å². The smallest absolute Gasteiger partial charge is 0.185 e. The Morgan fingerprint density at radius 3 is 2.00 bits per heavy atom. The van der Waals surface area contributed by atoms with Crippen molar-refractivity contribution in [2.24, 2.45) is 0 Å². The minimum absolute atomic E-state index is 0.0733. The highest BCUT2D eigenvalue weighted by molar-refractivity contribution is 6.06. The quantitative estimate of drug-likeness (QED) is 0.492. The van der Waals surface area contributed by atoms with E-state index in [1.165, 1.54) is 0 Å². The monoisotopic (exact) mass is 368 g/mol. The molecule has 0 saturated heterocycles. The molecule has 4 heteroatoms. The number of hydrogen-bond acceptors (Lipinski definition) is 4. The Morgan fingerprint density at radius 2 is 1.56 bits per heavy atom. The lowest BCUT2D eigenvalue weighted by Gasteiger charge is -2.25. The molecule has 0 saturated carbocycles. The molecule has 0 aliphatic carbocycles. The third kappa shape index (κ3) is 5.13. The van der Waals surface area contributed by atoms with Crippen LogP contribution in [-0.2, 0) is 5.41 Å². The molecular weight excluding hydrogens is 340 g/mol. The fourth-order valence-electron chi connectivity index (χ4n) is 2.92. The van der Waals surface area contributed by atoms with Crippen molar-refractivity contribution in [1.82, 2.24) is 0 Å². The lowest BCUT2D eigenvalue weighted by Crippen LogP contribution is -2.14. The van der Waals surface area contributed by atoms with Gasteiger partial charge in [-0.15, -0.1) is 0 Å². The second-order valence-corrected chi connectivity index (χ2v) is 7.21. The summed E-state index contributed by atoms with van der Waals surface area (Å²) < 4.78 is 16.5. The lowest BCUT2D eigenvalue weighted by molar-refractivity contribution is 0.104. The maximum absolute atomic E-state index is 12.4. The number of carbonyl (C=O) groups excluding carboxylic acids is 1. The van der Waals surface area contributed by atoms with E-state index < -0.39 is 0 Å². The molecule has 0 unspecified atom stereocenters. The number of benzene rings is 2. The topological polar surface area (TPSA) is 44.8 Å². The maximum Gasteiger partial charge on any atom is 0.185 e. The van der Waals surface area contributed by atoms with Gasteiger partial charge in [0, 0.05) is 11.1 Å². The highest BCUT2D eigenvalue weighted by atomic mass is 16.5. The van der Waals surface area contributed by atoms with Crippen LogP contribution in [0.1, 0.15) is 49.2 Å². The van der Waals surface area contributed by atoms with Crippen LogP contribution in [0.2, 0.25) is 0 Å². The van der Waals surface area contributed by atoms with Crippen LogP contribution in [0.15, 0.2) is 42.5 Å². The van der Waals surface area contributed by atoms with Crippen LogP contribution in [-0.4, -0.2) is 26.6 Å². The van der Waals surface area contributed by atoms with Gasteiger partial charge in [0.15, 0.2) is 5.78 Å². The molecule has 2 rings (SSSR count). The molecule has 0 radical (unpaired) electrons. The summed E-state index contributed by atoms with van der Waals surface area (Å²) in [5, 5.41) is 0. The molecule has 2 aromatic rings. The molecule has 0 aromatic heterocycles. The average Bonchev–Trinajstić information content (AvgIpc) is 2.65. The van der Waals surface area contributed by atoms with Crippen LogP contribution in [0.3, 0.4) is 0 Å². The van der Waals surface area contributed by atoms with E-state index in [0.29, 0.717) is 12.2 Å². The van der Waals surface area contributed by atoms with E-state index in [1.54, 1.807) is 50.6 Å². The molecule has 27 heavy (non-hydrogen) atoms. The summed E-state index contributed by atoms with van der Waals surface area (Å²) in [5.74, 6) is 2.17. The zero-order valence-electron chi connectivity index (χ0n) is 17.0. The Morgan fingerprint density at radius 1 is 1.00 bits per heavy atom. The van der Waals surface area contributed by atoms with Gasteiger partial charge in [0.1, 0.15) is 17.2 Å². The summed E-state index contributed by atoms with van der Waals surface area (Å²) in [5.41, 5.74) is 2.33. The van der Waals surface area contributed by atoms with Gasteiger partial charge >= 0.3 is 0 Å². The number of ketones is 1. The molecule has 0 atom stereocenters. The normalized spacial score (nSPS) is 11.5. The molecular formula is C23H28O4. The van der Waals surface area contributed by atoms with Crippen LogP contribution in [0.5, 0.6) is 17.2 Å². The first-order valence-electron chi connectivity index (χ1n) is 9.02. The lowest BCUT2D eigenvalue weighted by atomic mass is 9.84. The van der Waals surface area contributed by atoms with Crippen molar-refractivity contribution in [2.75, 3.05) is 20.8 Å². The molecule has 0 aliphatic rings. The first-order chi connectivity index (χ1) is 12.8. The van der Waals surface area contributed by atoms with E-state index in [2.05, 4.69) is 20.8 Å². The number of hydrogen-bond donors (Lipinski definition) is 0. The van der Waals surface area contributed by atoms with E-state index in [1.807, 2.05) is 19.1 Å². The SMILES string of the molecule is CCOc1ccc(C(=O)/C=C/c2cc(OC)c(C(C)(C)C)c(OC)c2)cc1. The highest BCUT2D eigenvalue weighted by Crippen LogP contribution is 2.40. The largest absolute Gasteiger partial charge is 0.496 e. The van der Waals surface area contributed by atoms with Gasteiger partial charge in [0.05, 0.1) is 20.8 Å².